The first-order chi connectivity index (χ1) is 16.4. The quantitative estimate of drug-likeness (QED) is 0.388. The minimum Gasteiger partial charge on any atom is -0.481 e. The lowest BCUT2D eigenvalue weighted by atomic mass is 10.1. The van der Waals surface area contributed by atoms with Gasteiger partial charge in [-0.15, -0.1) is 0 Å². The Hall–Kier alpha value is -3.46. The normalized spacial score (nSPS) is 10.6. The van der Waals surface area contributed by atoms with E-state index in [1.54, 1.807) is 31.2 Å². The summed E-state index contributed by atoms with van der Waals surface area (Å²) in [5, 5.41) is 6.89. The molecule has 0 saturated carbocycles. The Balaban J connectivity index is 1.76. The fourth-order valence-electron chi connectivity index (χ4n) is 3.16. The van der Waals surface area contributed by atoms with Gasteiger partial charge in [-0.05, 0) is 55.7 Å². The summed E-state index contributed by atoms with van der Waals surface area (Å²) in [5.41, 5.74) is 1.56. The van der Waals surface area contributed by atoms with E-state index >= 15 is 0 Å². The maximum atomic E-state index is 12.7. The number of carbonyl (C=O) groups excluding carboxylic acids is 2. The van der Waals surface area contributed by atoms with Crippen molar-refractivity contribution >= 4 is 33.5 Å². The van der Waals surface area contributed by atoms with Gasteiger partial charge in [0, 0.05) is 10.2 Å². The summed E-state index contributed by atoms with van der Waals surface area (Å²) in [6, 6.07) is 15.6. The van der Waals surface area contributed by atoms with Crippen molar-refractivity contribution in [1.29, 1.82) is 0 Å². The summed E-state index contributed by atoms with van der Waals surface area (Å²) in [4.78, 5) is 37.6. The van der Waals surface area contributed by atoms with Gasteiger partial charge in [-0.3, -0.25) is 9.59 Å². The second-order valence-electron chi connectivity index (χ2n) is 7.44. The van der Waals surface area contributed by atoms with Gasteiger partial charge in [0.1, 0.15) is 0 Å². The van der Waals surface area contributed by atoms with Gasteiger partial charge in [0.15, 0.2) is 12.4 Å². The summed E-state index contributed by atoms with van der Waals surface area (Å²) in [7, 11) is 0. The molecule has 1 aromatic heterocycles. The molecule has 9 heteroatoms. The van der Waals surface area contributed by atoms with Crippen LogP contribution in [0, 0.1) is 0 Å². The van der Waals surface area contributed by atoms with Crippen molar-refractivity contribution in [3.63, 3.8) is 0 Å². The van der Waals surface area contributed by atoms with Crippen molar-refractivity contribution in [3.05, 3.63) is 80.7 Å². The van der Waals surface area contributed by atoms with E-state index in [2.05, 4.69) is 33.3 Å². The molecular formula is C25H26BrN3O5. The van der Waals surface area contributed by atoms with Crippen molar-refractivity contribution in [2.75, 3.05) is 18.5 Å². The van der Waals surface area contributed by atoms with E-state index in [1.807, 2.05) is 24.3 Å². The number of nitrogens with one attached hydrogen (secondary N) is 1. The topological polar surface area (TPSA) is 99.5 Å². The summed E-state index contributed by atoms with van der Waals surface area (Å²) in [6.07, 6.45) is 3.21. The summed E-state index contributed by atoms with van der Waals surface area (Å²) in [6.45, 7) is 3.50. The van der Waals surface area contributed by atoms with Crippen molar-refractivity contribution in [3.8, 4) is 11.4 Å². The standard InChI is InChI=1S/C25H26BrN3O5/c1-3-5-7-17-10-12-19(13-11-17)27-22(30)16-34-21-15-23(31)29(20-9-6-8-18(26)14-20)28-24(21)25(32)33-4-2/h6,8-15H,3-5,7,16H2,1-2H3,(H,27,30). The molecule has 3 aromatic rings. The van der Waals surface area contributed by atoms with Gasteiger partial charge in [-0.2, -0.15) is 9.78 Å². The van der Waals surface area contributed by atoms with E-state index in [9.17, 15) is 14.4 Å². The number of aryl methyl sites for hydroxylation is 1. The molecule has 0 unspecified atom stereocenters. The molecule has 2 aromatic carbocycles. The fourth-order valence-corrected chi connectivity index (χ4v) is 3.55. The summed E-state index contributed by atoms with van der Waals surface area (Å²) < 4.78 is 12.4. The van der Waals surface area contributed by atoms with Gasteiger partial charge in [0.2, 0.25) is 5.69 Å². The largest absolute Gasteiger partial charge is 0.481 e. The Bertz CT molecular complexity index is 1210. The maximum Gasteiger partial charge on any atom is 0.362 e. The molecule has 0 fully saturated rings. The Labute approximate surface area is 206 Å². The number of carbonyl (C=O) groups is 2. The number of ether oxygens (including phenoxy) is 2. The second kappa shape index (κ2) is 12.1. The number of anilines is 1. The highest BCUT2D eigenvalue weighted by atomic mass is 79.9. The Morgan fingerprint density at radius 1 is 1.09 bits per heavy atom. The van der Waals surface area contributed by atoms with Crippen molar-refractivity contribution in [1.82, 2.24) is 9.78 Å². The highest BCUT2D eigenvalue weighted by molar-refractivity contribution is 9.10. The second-order valence-corrected chi connectivity index (χ2v) is 8.36. The molecule has 34 heavy (non-hydrogen) atoms. The average molecular weight is 528 g/mol. The van der Waals surface area contributed by atoms with Crippen LogP contribution in [-0.4, -0.2) is 34.9 Å². The molecule has 1 heterocycles. The highest BCUT2D eigenvalue weighted by Crippen LogP contribution is 2.19. The van der Waals surface area contributed by atoms with Gasteiger partial charge in [0.05, 0.1) is 18.4 Å². The number of hydrogen-bond donors (Lipinski definition) is 1. The number of benzene rings is 2. The van der Waals surface area contributed by atoms with Gasteiger partial charge in [0.25, 0.3) is 11.5 Å². The van der Waals surface area contributed by atoms with E-state index in [1.165, 1.54) is 5.56 Å². The molecule has 0 aliphatic rings. The minimum atomic E-state index is -0.760. The third-order valence-electron chi connectivity index (χ3n) is 4.83. The molecule has 0 aliphatic heterocycles. The summed E-state index contributed by atoms with van der Waals surface area (Å²) in [5.74, 6) is -1.32. The first kappa shape index (κ1) is 25.2. The van der Waals surface area contributed by atoms with E-state index in [0.717, 1.165) is 34.5 Å². The monoisotopic (exact) mass is 527 g/mol. The van der Waals surface area contributed by atoms with E-state index < -0.39 is 24.0 Å². The minimum absolute atomic E-state index is 0.116. The third-order valence-corrected chi connectivity index (χ3v) is 5.33. The predicted octanol–water partition coefficient (Wildman–Crippen LogP) is 4.53. The number of halogens is 1. The lowest BCUT2D eigenvalue weighted by Crippen LogP contribution is -2.27. The molecule has 0 bridgehead atoms. The molecule has 1 N–H and O–H groups in total. The van der Waals surface area contributed by atoms with Gasteiger partial charge in [-0.1, -0.05) is 47.5 Å². The Kier molecular flexibility index (Phi) is 8.98. The number of amides is 1. The van der Waals surface area contributed by atoms with Crippen LogP contribution in [0.2, 0.25) is 0 Å². The molecule has 0 aliphatic carbocycles. The van der Waals surface area contributed by atoms with Crippen LogP contribution in [0.15, 0.2) is 63.9 Å². The lowest BCUT2D eigenvalue weighted by molar-refractivity contribution is -0.118. The van der Waals surface area contributed by atoms with Crippen LogP contribution in [0.25, 0.3) is 5.69 Å². The number of esters is 1. The van der Waals surface area contributed by atoms with Crippen molar-refractivity contribution < 1.29 is 19.1 Å². The molecular weight excluding hydrogens is 502 g/mol. The van der Waals surface area contributed by atoms with Crippen LogP contribution in [0.1, 0.15) is 42.7 Å². The van der Waals surface area contributed by atoms with E-state index in [0.29, 0.717) is 11.4 Å². The number of aromatic nitrogens is 2. The third kappa shape index (κ3) is 6.77. The zero-order chi connectivity index (χ0) is 24.5. The SMILES string of the molecule is CCCCc1ccc(NC(=O)COc2cc(=O)n(-c3cccc(Br)c3)nc2C(=O)OCC)cc1. The number of hydrogen-bond acceptors (Lipinski definition) is 6. The average Bonchev–Trinajstić information content (AvgIpc) is 2.82. The zero-order valence-corrected chi connectivity index (χ0v) is 20.6. The molecule has 0 spiro atoms. The van der Waals surface area contributed by atoms with Crippen LogP contribution in [0.5, 0.6) is 5.75 Å². The molecule has 0 radical (unpaired) electrons. The molecule has 0 saturated heterocycles. The van der Waals surface area contributed by atoms with Crippen LogP contribution in [0.4, 0.5) is 5.69 Å². The molecule has 8 nitrogen and oxygen atoms in total. The smallest absolute Gasteiger partial charge is 0.362 e. The molecule has 0 atom stereocenters. The number of nitrogens with zero attached hydrogens (tertiary/aromatic N) is 2. The first-order valence-corrected chi connectivity index (χ1v) is 11.8. The van der Waals surface area contributed by atoms with Gasteiger partial charge < -0.3 is 14.8 Å². The molecule has 178 valence electrons. The predicted molar refractivity (Wildman–Crippen MR) is 133 cm³/mol. The number of unbranched alkanes of at least 4 members (excludes halogenated alkanes) is 1. The molecule has 3 rings (SSSR count). The number of rotatable bonds is 10. The van der Waals surface area contributed by atoms with Crippen molar-refractivity contribution in [2.45, 2.75) is 33.1 Å². The van der Waals surface area contributed by atoms with Crippen LogP contribution in [-0.2, 0) is 16.0 Å². The maximum absolute atomic E-state index is 12.7. The molecule has 1 amide bonds. The van der Waals surface area contributed by atoms with Gasteiger partial charge >= 0.3 is 5.97 Å². The first-order valence-electron chi connectivity index (χ1n) is 11.0. The Morgan fingerprint density at radius 3 is 2.53 bits per heavy atom. The fraction of sp³-hybridized carbons (Fsp3) is 0.280. The summed E-state index contributed by atoms with van der Waals surface area (Å²) >= 11 is 3.35. The van der Waals surface area contributed by atoms with Gasteiger partial charge in [-0.25, -0.2) is 4.79 Å². The highest BCUT2D eigenvalue weighted by Gasteiger charge is 2.20. The Morgan fingerprint density at radius 2 is 1.85 bits per heavy atom. The zero-order valence-electron chi connectivity index (χ0n) is 19.0. The van der Waals surface area contributed by atoms with Crippen molar-refractivity contribution in [2.24, 2.45) is 0 Å². The van der Waals surface area contributed by atoms with E-state index in [-0.39, 0.29) is 18.1 Å². The van der Waals surface area contributed by atoms with Crippen LogP contribution < -0.4 is 15.6 Å². The van der Waals surface area contributed by atoms with E-state index in [4.69, 9.17) is 9.47 Å². The van der Waals surface area contributed by atoms with Crippen LogP contribution in [0.3, 0.4) is 0 Å². The lowest BCUT2D eigenvalue weighted by Gasteiger charge is -2.13. The van der Waals surface area contributed by atoms with Crippen LogP contribution >= 0.6 is 15.9 Å².